The quantitative estimate of drug-likeness (QED) is 0.697. The number of nitrogens with zero attached hydrogens (tertiary/aromatic N) is 4. The van der Waals surface area contributed by atoms with Crippen molar-refractivity contribution >= 4 is 22.8 Å². The monoisotopic (exact) mass is 383 g/mol. The van der Waals surface area contributed by atoms with E-state index < -0.39 is 5.60 Å². The molecule has 1 amide bonds. The first-order valence-corrected chi connectivity index (χ1v) is 9.58. The third-order valence-corrected chi connectivity index (χ3v) is 5.00. The van der Waals surface area contributed by atoms with Crippen molar-refractivity contribution in [1.29, 1.82) is 0 Å². The summed E-state index contributed by atoms with van der Waals surface area (Å²) in [5.74, 6) is 0.139. The van der Waals surface area contributed by atoms with Gasteiger partial charge in [0.2, 0.25) is 0 Å². The minimum Gasteiger partial charge on any atom is -0.444 e. The largest absolute Gasteiger partial charge is 0.444 e. The lowest BCUT2D eigenvalue weighted by Crippen LogP contribution is -2.41. The summed E-state index contributed by atoms with van der Waals surface area (Å²) in [5, 5.41) is 3.85. The van der Waals surface area contributed by atoms with E-state index in [1.165, 1.54) is 4.52 Å². The molecule has 28 heavy (non-hydrogen) atoms. The molecule has 3 aromatic rings. The minimum atomic E-state index is -0.503. The van der Waals surface area contributed by atoms with Crippen molar-refractivity contribution in [3.8, 4) is 0 Å². The van der Waals surface area contributed by atoms with Gasteiger partial charge in [0.05, 0.1) is 11.1 Å². The van der Waals surface area contributed by atoms with E-state index in [4.69, 9.17) is 9.72 Å². The standard InChI is InChI=1S/C20H25N5O3/c1-12-5-6-14-17(21-12)23-25-16(26)11-15(22-18(14)25)13-7-9-24(10-8-13)19(27)28-20(2,3)4/h5-6,11,13H,7-10H2,1-4H3,(H,21,23). The molecule has 0 atom stereocenters. The lowest BCUT2D eigenvalue weighted by molar-refractivity contribution is 0.0204. The second kappa shape index (κ2) is 6.61. The van der Waals surface area contributed by atoms with Crippen LogP contribution in [0.3, 0.4) is 0 Å². The van der Waals surface area contributed by atoms with Gasteiger partial charge in [-0.25, -0.2) is 14.8 Å². The number of amides is 1. The summed E-state index contributed by atoms with van der Waals surface area (Å²) < 4.78 is 6.89. The zero-order valence-electron chi connectivity index (χ0n) is 16.7. The maximum absolute atomic E-state index is 12.6. The Morgan fingerprint density at radius 2 is 1.93 bits per heavy atom. The second-order valence-electron chi connectivity index (χ2n) is 8.38. The van der Waals surface area contributed by atoms with Gasteiger partial charge < -0.3 is 9.64 Å². The molecule has 0 aliphatic carbocycles. The number of piperidine rings is 1. The molecule has 0 aromatic carbocycles. The summed E-state index contributed by atoms with van der Waals surface area (Å²) in [6, 6.07) is 5.43. The highest BCUT2D eigenvalue weighted by atomic mass is 16.6. The molecular formula is C20H25N5O3. The first-order valence-electron chi connectivity index (χ1n) is 9.58. The van der Waals surface area contributed by atoms with E-state index in [-0.39, 0.29) is 17.6 Å². The van der Waals surface area contributed by atoms with Crippen LogP contribution in [0.1, 0.15) is 50.9 Å². The van der Waals surface area contributed by atoms with Gasteiger partial charge >= 0.3 is 6.09 Å². The van der Waals surface area contributed by atoms with Crippen LogP contribution in [-0.4, -0.2) is 49.3 Å². The Morgan fingerprint density at radius 1 is 1.21 bits per heavy atom. The van der Waals surface area contributed by atoms with Crippen molar-refractivity contribution in [3.63, 3.8) is 0 Å². The average Bonchev–Trinajstić information content (AvgIpc) is 2.98. The normalized spacial score (nSPS) is 16.1. The molecule has 1 fully saturated rings. The van der Waals surface area contributed by atoms with Crippen LogP contribution in [0.5, 0.6) is 0 Å². The number of carbonyl (C=O) groups excluding carboxylic acids is 1. The fourth-order valence-electron chi connectivity index (χ4n) is 3.61. The van der Waals surface area contributed by atoms with E-state index in [2.05, 4.69) is 10.1 Å². The molecule has 0 unspecified atom stereocenters. The number of nitrogens with one attached hydrogen (secondary N) is 1. The maximum atomic E-state index is 12.6. The second-order valence-corrected chi connectivity index (χ2v) is 8.38. The fourth-order valence-corrected chi connectivity index (χ4v) is 3.61. The van der Waals surface area contributed by atoms with E-state index in [0.29, 0.717) is 24.4 Å². The summed E-state index contributed by atoms with van der Waals surface area (Å²) in [6.45, 7) is 8.68. The van der Waals surface area contributed by atoms with E-state index in [1.807, 2.05) is 39.8 Å². The van der Waals surface area contributed by atoms with E-state index >= 15 is 0 Å². The Balaban J connectivity index is 1.58. The van der Waals surface area contributed by atoms with Crippen LogP contribution in [0.25, 0.3) is 16.7 Å². The number of fused-ring (bicyclic) bond motifs is 3. The van der Waals surface area contributed by atoms with Crippen molar-refractivity contribution in [2.45, 2.75) is 52.1 Å². The Morgan fingerprint density at radius 3 is 2.61 bits per heavy atom. The number of likely N-dealkylation sites (tertiary alicyclic amines) is 1. The molecule has 8 nitrogen and oxygen atoms in total. The summed E-state index contributed by atoms with van der Waals surface area (Å²) in [4.78, 5) is 35.8. The van der Waals surface area contributed by atoms with Crippen LogP contribution in [0.2, 0.25) is 0 Å². The number of rotatable bonds is 1. The van der Waals surface area contributed by atoms with Crippen LogP contribution in [-0.2, 0) is 4.74 Å². The van der Waals surface area contributed by atoms with Gasteiger partial charge in [-0.2, -0.15) is 4.52 Å². The SMILES string of the molecule is Cc1ccc2c(n1)[nH]n1c(=O)cc(C3CCN(C(=O)OC(C)(C)C)CC3)nc21. The predicted molar refractivity (Wildman–Crippen MR) is 106 cm³/mol. The van der Waals surface area contributed by atoms with Crippen LogP contribution in [0.4, 0.5) is 4.79 Å². The van der Waals surface area contributed by atoms with Gasteiger partial charge in [0.25, 0.3) is 5.56 Å². The molecule has 8 heteroatoms. The number of aryl methyl sites for hydroxylation is 1. The highest BCUT2D eigenvalue weighted by Crippen LogP contribution is 2.28. The summed E-state index contributed by atoms with van der Waals surface area (Å²) in [5.41, 5.74) is 2.25. The number of H-pyrrole nitrogens is 1. The van der Waals surface area contributed by atoms with Gasteiger partial charge in [0, 0.05) is 30.8 Å². The van der Waals surface area contributed by atoms with Gasteiger partial charge in [0.15, 0.2) is 11.3 Å². The summed E-state index contributed by atoms with van der Waals surface area (Å²) in [7, 11) is 0. The third-order valence-electron chi connectivity index (χ3n) is 5.00. The maximum Gasteiger partial charge on any atom is 0.410 e. The number of ether oxygens (including phenoxy) is 1. The molecular weight excluding hydrogens is 358 g/mol. The molecule has 0 saturated carbocycles. The van der Waals surface area contributed by atoms with Crippen molar-refractivity contribution in [2.75, 3.05) is 13.1 Å². The number of aromatic nitrogens is 4. The summed E-state index contributed by atoms with van der Waals surface area (Å²) in [6.07, 6.45) is 1.22. The Bertz CT molecular complexity index is 1100. The van der Waals surface area contributed by atoms with Crippen molar-refractivity contribution < 1.29 is 9.53 Å². The smallest absolute Gasteiger partial charge is 0.410 e. The third kappa shape index (κ3) is 3.46. The van der Waals surface area contributed by atoms with Gasteiger partial charge in [-0.15, -0.1) is 0 Å². The first-order chi connectivity index (χ1) is 13.2. The van der Waals surface area contributed by atoms with Crippen LogP contribution in [0.15, 0.2) is 23.0 Å². The van der Waals surface area contributed by atoms with Crippen LogP contribution in [0, 0.1) is 6.92 Å². The zero-order chi connectivity index (χ0) is 20.1. The molecule has 1 aliphatic heterocycles. The molecule has 148 valence electrons. The Kier molecular flexibility index (Phi) is 4.36. The zero-order valence-corrected chi connectivity index (χ0v) is 16.7. The van der Waals surface area contributed by atoms with Gasteiger partial charge in [-0.3, -0.25) is 9.89 Å². The lowest BCUT2D eigenvalue weighted by atomic mass is 9.93. The molecule has 0 spiro atoms. The predicted octanol–water partition coefficient (Wildman–Crippen LogP) is 2.99. The van der Waals surface area contributed by atoms with E-state index in [1.54, 1.807) is 11.0 Å². The number of carbonyl (C=O) groups is 1. The van der Waals surface area contributed by atoms with Crippen molar-refractivity contribution in [3.05, 3.63) is 39.9 Å². The summed E-state index contributed by atoms with van der Waals surface area (Å²) >= 11 is 0. The van der Waals surface area contributed by atoms with Gasteiger partial charge in [-0.1, -0.05) is 0 Å². The first kappa shape index (κ1) is 18.5. The van der Waals surface area contributed by atoms with Crippen molar-refractivity contribution in [1.82, 2.24) is 24.5 Å². The Labute approximate surface area is 162 Å². The molecule has 1 N–H and O–H groups in total. The molecule has 1 aliphatic rings. The molecule has 0 bridgehead atoms. The highest BCUT2D eigenvalue weighted by Gasteiger charge is 2.28. The Hall–Kier alpha value is -2.90. The number of aromatic amines is 1. The van der Waals surface area contributed by atoms with E-state index in [9.17, 15) is 9.59 Å². The molecule has 0 radical (unpaired) electrons. The van der Waals surface area contributed by atoms with Gasteiger partial charge in [0.1, 0.15) is 5.60 Å². The molecule has 4 heterocycles. The van der Waals surface area contributed by atoms with Gasteiger partial charge in [-0.05, 0) is 52.7 Å². The number of pyridine rings is 1. The van der Waals surface area contributed by atoms with Crippen molar-refractivity contribution in [2.24, 2.45) is 0 Å². The average molecular weight is 383 g/mol. The lowest BCUT2D eigenvalue weighted by Gasteiger charge is -2.33. The number of hydrogen-bond donors (Lipinski definition) is 1. The molecule has 4 rings (SSSR count). The fraction of sp³-hybridized carbons (Fsp3) is 0.500. The minimum absolute atomic E-state index is 0.139. The van der Waals surface area contributed by atoms with E-state index in [0.717, 1.165) is 29.6 Å². The number of hydrogen-bond acceptors (Lipinski definition) is 5. The topological polar surface area (TPSA) is 92.6 Å². The molecule has 3 aromatic heterocycles. The van der Waals surface area contributed by atoms with Crippen LogP contribution < -0.4 is 5.56 Å². The highest BCUT2D eigenvalue weighted by molar-refractivity contribution is 5.89. The van der Waals surface area contributed by atoms with Crippen LogP contribution >= 0.6 is 0 Å². The molecule has 1 saturated heterocycles.